The topological polar surface area (TPSA) is 55.1 Å². The molecule has 0 aliphatic heterocycles. The van der Waals surface area contributed by atoms with Crippen LogP contribution in [0.5, 0.6) is 0 Å². The molecule has 1 aliphatic carbocycles. The van der Waals surface area contributed by atoms with Gasteiger partial charge in [0.15, 0.2) is 0 Å². The highest BCUT2D eigenvalue weighted by molar-refractivity contribution is 5.69. The maximum absolute atomic E-state index is 10.3. The SMILES string of the molecule is O=C(O)Cc1cnn(C2CC2)c1. The van der Waals surface area contributed by atoms with Gasteiger partial charge in [-0.2, -0.15) is 5.10 Å². The lowest BCUT2D eigenvalue weighted by molar-refractivity contribution is -0.136. The summed E-state index contributed by atoms with van der Waals surface area (Å²) in [7, 11) is 0. The van der Waals surface area contributed by atoms with Crippen molar-refractivity contribution in [2.45, 2.75) is 25.3 Å². The van der Waals surface area contributed by atoms with Crippen molar-refractivity contribution in [3.8, 4) is 0 Å². The summed E-state index contributed by atoms with van der Waals surface area (Å²) in [6, 6.07) is 0.535. The molecule has 1 saturated carbocycles. The van der Waals surface area contributed by atoms with Crippen LogP contribution in [0, 0.1) is 0 Å². The van der Waals surface area contributed by atoms with E-state index in [2.05, 4.69) is 5.10 Å². The summed E-state index contributed by atoms with van der Waals surface area (Å²) in [4.78, 5) is 10.3. The molecule has 4 heteroatoms. The molecule has 64 valence electrons. The Hall–Kier alpha value is -1.32. The molecule has 1 N–H and O–H groups in total. The fraction of sp³-hybridized carbons (Fsp3) is 0.500. The van der Waals surface area contributed by atoms with Crippen molar-refractivity contribution in [3.05, 3.63) is 18.0 Å². The molecule has 0 spiro atoms. The maximum atomic E-state index is 10.3. The molecule has 12 heavy (non-hydrogen) atoms. The molecule has 0 amide bonds. The molecule has 1 fully saturated rings. The van der Waals surface area contributed by atoms with Crippen LogP contribution in [0.1, 0.15) is 24.4 Å². The van der Waals surface area contributed by atoms with Crippen molar-refractivity contribution >= 4 is 5.97 Å². The minimum absolute atomic E-state index is 0.0761. The fourth-order valence-corrected chi connectivity index (χ4v) is 1.18. The van der Waals surface area contributed by atoms with E-state index in [-0.39, 0.29) is 6.42 Å². The zero-order valence-electron chi connectivity index (χ0n) is 6.60. The van der Waals surface area contributed by atoms with Crippen LogP contribution in [0.25, 0.3) is 0 Å². The summed E-state index contributed by atoms with van der Waals surface area (Å²) in [5, 5.41) is 12.6. The number of carboxylic acid groups (broad SMARTS) is 1. The highest BCUT2D eigenvalue weighted by Gasteiger charge is 2.24. The lowest BCUT2D eigenvalue weighted by atomic mass is 10.3. The fourth-order valence-electron chi connectivity index (χ4n) is 1.18. The smallest absolute Gasteiger partial charge is 0.307 e. The quantitative estimate of drug-likeness (QED) is 0.724. The Labute approximate surface area is 69.8 Å². The lowest BCUT2D eigenvalue weighted by Gasteiger charge is -1.92. The van der Waals surface area contributed by atoms with Crippen molar-refractivity contribution in [2.24, 2.45) is 0 Å². The van der Waals surface area contributed by atoms with E-state index in [9.17, 15) is 4.79 Å². The van der Waals surface area contributed by atoms with Crippen LogP contribution >= 0.6 is 0 Å². The third-order valence-corrected chi connectivity index (χ3v) is 1.93. The monoisotopic (exact) mass is 166 g/mol. The van der Waals surface area contributed by atoms with E-state index in [1.54, 1.807) is 6.20 Å². The third-order valence-electron chi connectivity index (χ3n) is 1.93. The average Bonchev–Trinajstić information content (AvgIpc) is 2.73. The average molecular weight is 166 g/mol. The van der Waals surface area contributed by atoms with Gasteiger partial charge in [-0.1, -0.05) is 0 Å². The Balaban J connectivity index is 2.07. The van der Waals surface area contributed by atoms with Crippen molar-refractivity contribution < 1.29 is 9.90 Å². The summed E-state index contributed by atoms with van der Waals surface area (Å²) in [5.74, 6) is -0.801. The van der Waals surface area contributed by atoms with Gasteiger partial charge in [0.05, 0.1) is 18.7 Å². The predicted octanol–water partition coefficient (Wildman–Crippen LogP) is 0.845. The van der Waals surface area contributed by atoms with Crippen LogP contribution in [0.2, 0.25) is 0 Å². The van der Waals surface area contributed by atoms with Crippen LogP contribution in [0.4, 0.5) is 0 Å². The van der Waals surface area contributed by atoms with Gasteiger partial charge in [-0.3, -0.25) is 9.48 Å². The van der Waals surface area contributed by atoms with E-state index in [1.807, 2.05) is 10.9 Å². The van der Waals surface area contributed by atoms with Gasteiger partial charge in [0.2, 0.25) is 0 Å². The van der Waals surface area contributed by atoms with E-state index < -0.39 is 5.97 Å². The summed E-state index contributed by atoms with van der Waals surface area (Å²) in [6.45, 7) is 0. The number of rotatable bonds is 3. The minimum Gasteiger partial charge on any atom is -0.481 e. The maximum Gasteiger partial charge on any atom is 0.307 e. The van der Waals surface area contributed by atoms with Crippen LogP contribution in [0.3, 0.4) is 0 Å². The summed E-state index contributed by atoms with van der Waals surface area (Å²) >= 11 is 0. The molecular formula is C8H10N2O2. The largest absolute Gasteiger partial charge is 0.481 e. The Kier molecular flexibility index (Phi) is 1.60. The normalized spacial score (nSPS) is 16.3. The number of hydrogen-bond donors (Lipinski definition) is 1. The van der Waals surface area contributed by atoms with E-state index in [1.165, 1.54) is 12.8 Å². The Morgan fingerprint density at radius 1 is 1.75 bits per heavy atom. The van der Waals surface area contributed by atoms with Crippen molar-refractivity contribution in [1.29, 1.82) is 0 Å². The Bertz CT molecular complexity index is 302. The van der Waals surface area contributed by atoms with Gasteiger partial charge >= 0.3 is 5.97 Å². The first kappa shape index (κ1) is 7.34. The summed E-state index contributed by atoms with van der Waals surface area (Å²) in [6.07, 6.45) is 5.88. The number of hydrogen-bond acceptors (Lipinski definition) is 2. The molecule has 1 aromatic rings. The number of aliphatic carboxylic acids is 1. The predicted molar refractivity (Wildman–Crippen MR) is 41.8 cm³/mol. The zero-order valence-corrected chi connectivity index (χ0v) is 6.60. The first-order valence-corrected chi connectivity index (χ1v) is 4.00. The molecule has 0 unspecified atom stereocenters. The summed E-state index contributed by atoms with van der Waals surface area (Å²) < 4.78 is 1.86. The first-order chi connectivity index (χ1) is 5.75. The molecular weight excluding hydrogens is 156 g/mol. The number of nitrogens with zero attached hydrogens (tertiary/aromatic N) is 2. The standard InChI is InChI=1S/C8H10N2O2/c11-8(12)3-6-4-9-10(5-6)7-1-2-7/h4-5,7H,1-3H2,(H,11,12). The van der Waals surface area contributed by atoms with Crippen LogP contribution in [-0.2, 0) is 11.2 Å². The minimum atomic E-state index is -0.801. The number of aromatic nitrogens is 2. The number of carbonyl (C=O) groups is 1. The zero-order chi connectivity index (χ0) is 8.55. The van der Waals surface area contributed by atoms with Crippen molar-refractivity contribution in [2.75, 3.05) is 0 Å². The Morgan fingerprint density at radius 3 is 3.08 bits per heavy atom. The van der Waals surface area contributed by atoms with E-state index in [4.69, 9.17) is 5.11 Å². The summed E-state index contributed by atoms with van der Waals surface area (Å²) in [5.41, 5.74) is 0.786. The number of carboxylic acids is 1. The van der Waals surface area contributed by atoms with E-state index in [0.29, 0.717) is 6.04 Å². The van der Waals surface area contributed by atoms with Gasteiger partial charge in [-0.05, 0) is 12.8 Å². The molecule has 0 radical (unpaired) electrons. The van der Waals surface area contributed by atoms with Gasteiger partial charge in [-0.15, -0.1) is 0 Å². The highest BCUT2D eigenvalue weighted by atomic mass is 16.4. The van der Waals surface area contributed by atoms with Crippen LogP contribution < -0.4 is 0 Å². The first-order valence-electron chi connectivity index (χ1n) is 4.00. The second-order valence-corrected chi connectivity index (χ2v) is 3.13. The van der Waals surface area contributed by atoms with Gasteiger partial charge < -0.3 is 5.11 Å². The molecule has 1 heterocycles. The van der Waals surface area contributed by atoms with Crippen molar-refractivity contribution in [3.63, 3.8) is 0 Å². The Morgan fingerprint density at radius 2 is 2.50 bits per heavy atom. The molecule has 0 aromatic carbocycles. The molecule has 4 nitrogen and oxygen atoms in total. The van der Waals surface area contributed by atoms with E-state index >= 15 is 0 Å². The molecule has 0 saturated heterocycles. The van der Waals surface area contributed by atoms with E-state index in [0.717, 1.165) is 5.56 Å². The lowest BCUT2D eigenvalue weighted by Crippen LogP contribution is -1.98. The van der Waals surface area contributed by atoms with Gasteiger partial charge in [-0.25, -0.2) is 0 Å². The molecule has 0 bridgehead atoms. The molecule has 1 aromatic heterocycles. The van der Waals surface area contributed by atoms with Crippen LogP contribution in [-0.4, -0.2) is 20.9 Å². The second kappa shape index (κ2) is 2.62. The second-order valence-electron chi connectivity index (χ2n) is 3.13. The van der Waals surface area contributed by atoms with Crippen LogP contribution in [0.15, 0.2) is 12.4 Å². The van der Waals surface area contributed by atoms with Gasteiger partial charge in [0, 0.05) is 11.8 Å². The highest BCUT2D eigenvalue weighted by Crippen LogP contribution is 2.33. The molecule has 2 rings (SSSR count). The van der Waals surface area contributed by atoms with Crippen molar-refractivity contribution in [1.82, 2.24) is 9.78 Å². The van der Waals surface area contributed by atoms with Gasteiger partial charge in [0.25, 0.3) is 0 Å². The molecule has 0 atom stereocenters. The van der Waals surface area contributed by atoms with Gasteiger partial charge in [0.1, 0.15) is 0 Å². The third kappa shape index (κ3) is 1.47. The molecule has 1 aliphatic rings.